The molecule has 0 unspecified atom stereocenters. The molecule has 6 heteroatoms. The van der Waals surface area contributed by atoms with Crippen molar-refractivity contribution in [2.75, 3.05) is 7.11 Å². The first-order valence-corrected chi connectivity index (χ1v) is 5.91. The average Bonchev–Trinajstić information content (AvgIpc) is 2.87. The van der Waals surface area contributed by atoms with E-state index >= 15 is 0 Å². The molecule has 0 N–H and O–H groups in total. The van der Waals surface area contributed by atoms with Crippen molar-refractivity contribution in [1.82, 2.24) is 14.4 Å². The summed E-state index contributed by atoms with van der Waals surface area (Å²) in [5.74, 6) is -0.433. The number of carbonyl (C=O) groups is 1. The number of imidazole rings is 1. The maximum atomic E-state index is 11.7. The maximum absolute atomic E-state index is 11.7. The van der Waals surface area contributed by atoms with Crippen LogP contribution in [0, 0.1) is 0 Å². The van der Waals surface area contributed by atoms with E-state index in [9.17, 15) is 4.79 Å². The molecule has 0 amide bonds. The van der Waals surface area contributed by atoms with Crippen LogP contribution in [0.15, 0.2) is 35.3 Å². The zero-order valence-electron chi connectivity index (χ0n) is 10.3. The number of esters is 1. The first kappa shape index (κ1) is 10.0. The highest BCUT2D eigenvalue weighted by Crippen LogP contribution is 2.24. The van der Waals surface area contributed by atoms with E-state index in [2.05, 4.69) is 25.9 Å². The number of hydrogen-bond donors (Lipinski definition) is 0. The Hall–Kier alpha value is -1.95. The average molecular weight is 307 g/mol. The van der Waals surface area contributed by atoms with Gasteiger partial charge in [0.25, 0.3) is 0 Å². The Kier molecular flexibility index (Phi) is 2.26. The van der Waals surface area contributed by atoms with Gasteiger partial charge >= 0.3 is 5.97 Å². The molecular formula is C12H8BrN3O2. The van der Waals surface area contributed by atoms with Gasteiger partial charge < -0.3 is 4.74 Å². The largest absolute Gasteiger partial charge is 0.465 e. The fraction of sp³-hybridized carbons (Fsp3) is 0.0833. The third-order valence-electron chi connectivity index (χ3n) is 2.66. The first-order chi connectivity index (χ1) is 9.11. The van der Waals surface area contributed by atoms with Crippen LogP contribution in [0.25, 0.3) is 16.6 Å². The van der Waals surface area contributed by atoms with Crippen molar-refractivity contribution >= 4 is 38.4 Å². The minimum Gasteiger partial charge on any atom is -0.465 e. The van der Waals surface area contributed by atoms with E-state index in [4.69, 9.17) is 6.11 Å². The lowest BCUT2D eigenvalue weighted by molar-refractivity contribution is 0.0600. The topological polar surface area (TPSA) is 56.5 Å². The summed E-state index contributed by atoms with van der Waals surface area (Å²) in [6.07, 6.45) is 3.30. The molecule has 0 atom stereocenters. The Balaban J connectivity index is 2.43. The van der Waals surface area contributed by atoms with Gasteiger partial charge in [-0.05, 0) is 28.1 Å². The van der Waals surface area contributed by atoms with Crippen LogP contribution < -0.4 is 0 Å². The van der Waals surface area contributed by atoms with Gasteiger partial charge in [0.15, 0.2) is 0 Å². The fourth-order valence-electron chi connectivity index (χ4n) is 1.79. The number of rotatable bonds is 1. The van der Waals surface area contributed by atoms with Gasteiger partial charge in [0.05, 0.1) is 49.3 Å². The summed E-state index contributed by atoms with van der Waals surface area (Å²) in [5.41, 5.74) is 2.30. The summed E-state index contributed by atoms with van der Waals surface area (Å²) >= 11 is 3.31. The van der Waals surface area contributed by atoms with E-state index in [0.29, 0.717) is 26.6 Å². The summed E-state index contributed by atoms with van der Waals surface area (Å²) < 4.78 is 14.9. The molecule has 3 rings (SSSR count). The lowest BCUT2D eigenvalue weighted by atomic mass is 10.2. The second-order valence-corrected chi connectivity index (χ2v) is 4.54. The van der Waals surface area contributed by atoms with Crippen LogP contribution in [-0.4, -0.2) is 27.4 Å². The van der Waals surface area contributed by atoms with Gasteiger partial charge in [-0.15, -0.1) is 0 Å². The van der Waals surface area contributed by atoms with E-state index in [1.54, 1.807) is 29.1 Å². The molecule has 0 fully saturated rings. The van der Waals surface area contributed by atoms with E-state index < -0.39 is 5.97 Å². The maximum Gasteiger partial charge on any atom is 0.339 e. The number of methoxy groups -OCH3 is 1. The van der Waals surface area contributed by atoms with Crippen LogP contribution in [0.3, 0.4) is 0 Å². The second-order valence-electron chi connectivity index (χ2n) is 3.68. The Morgan fingerprint density at radius 2 is 2.39 bits per heavy atom. The molecule has 0 bridgehead atoms. The van der Waals surface area contributed by atoms with Gasteiger partial charge in [0, 0.05) is 4.47 Å². The number of halogens is 1. The van der Waals surface area contributed by atoms with Crippen LogP contribution in [0.1, 0.15) is 11.7 Å². The number of carbonyl (C=O) groups excluding carboxylic acids is 1. The van der Waals surface area contributed by atoms with Crippen molar-refractivity contribution in [1.29, 1.82) is 0 Å². The predicted molar refractivity (Wildman–Crippen MR) is 69.5 cm³/mol. The van der Waals surface area contributed by atoms with Crippen LogP contribution in [0.2, 0.25) is 0 Å². The lowest BCUT2D eigenvalue weighted by Crippen LogP contribution is -2.03. The highest BCUT2D eigenvalue weighted by atomic mass is 79.9. The number of benzene rings is 1. The second kappa shape index (κ2) is 4.06. The van der Waals surface area contributed by atoms with Crippen molar-refractivity contribution in [2.45, 2.75) is 0 Å². The molecule has 3 aromatic rings. The Morgan fingerprint density at radius 1 is 1.56 bits per heavy atom. The molecule has 0 radical (unpaired) electrons. The van der Waals surface area contributed by atoms with Gasteiger partial charge in [0.1, 0.15) is 0 Å². The van der Waals surface area contributed by atoms with Crippen molar-refractivity contribution in [3.63, 3.8) is 0 Å². The molecule has 0 aliphatic heterocycles. The minimum absolute atomic E-state index is 0.141. The predicted octanol–water partition coefficient (Wildman–Crippen LogP) is 2.43. The summed E-state index contributed by atoms with van der Waals surface area (Å²) in [6.45, 7) is 0. The quantitative estimate of drug-likeness (QED) is 0.648. The van der Waals surface area contributed by atoms with E-state index in [1.807, 2.05) is 0 Å². The molecular weight excluding hydrogens is 298 g/mol. The summed E-state index contributed by atoms with van der Waals surface area (Å²) in [7, 11) is 1.33. The summed E-state index contributed by atoms with van der Waals surface area (Å²) in [6, 6.07) is 3.37. The van der Waals surface area contributed by atoms with Crippen LogP contribution in [0.4, 0.5) is 0 Å². The highest BCUT2D eigenvalue weighted by molar-refractivity contribution is 9.10. The van der Waals surface area contributed by atoms with E-state index in [0.717, 1.165) is 0 Å². The van der Waals surface area contributed by atoms with Gasteiger partial charge in [-0.1, -0.05) is 0 Å². The third kappa shape index (κ3) is 1.57. The number of aromatic nitrogens is 3. The number of hydrogen-bond acceptors (Lipinski definition) is 4. The third-order valence-corrected chi connectivity index (χ3v) is 3.31. The number of nitrogens with zero attached hydrogens (tertiary/aromatic N) is 3. The number of fused-ring (bicyclic) bond motifs is 3. The monoisotopic (exact) mass is 306 g/mol. The molecule has 0 aliphatic rings. The van der Waals surface area contributed by atoms with E-state index in [1.165, 1.54) is 7.11 Å². The highest BCUT2D eigenvalue weighted by Gasteiger charge is 2.13. The van der Waals surface area contributed by atoms with Gasteiger partial charge in [0.2, 0.25) is 0 Å². The van der Waals surface area contributed by atoms with Crippen molar-refractivity contribution < 1.29 is 10.9 Å². The number of ether oxygens (including phenoxy) is 1. The fourth-order valence-corrected chi connectivity index (χ4v) is 2.28. The Morgan fingerprint density at radius 3 is 3.17 bits per heavy atom. The minimum atomic E-state index is -0.433. The molecule has 0 saturated carbocycles. The molecule has 2 heterocycles. The molecule has 5 nitrogen and oxygen atoms in total. The molecule has 2 aromatic heterocycles. The van der Waals surface area contributed by atoms with Crippen molar-refractivity contribution in [2.24, 2.45) is 0 Å². The first-order valence-electron chi connectivity index (χ1n) is 5.62. The lowest BCUT2D eigenvalue weighted by Gasteiger charge is -2.06. The standard InChI is InChI=1S/C12H8BrN3O2/c1-18-12(17)8-2-11-10(3-9(8)13)15-5-7-4-14-6-16(7)11/h2-6H,1H3/i5D. The molecule has 1 aromatic carbocycles. The molecule has 18 heavy (non-hydrogen) atoms. The Bertz CT molecular complexity index is 815. The normalized spacial score (nSPS) is 11.8. The van der Waals surface area contributed by atoms with Gasteiger partial charge in [-0.3, -0.25) is 9.38 Å². The molecule has 0 saturated heterocycles. The molecule has 90 valence electrons. The smallest absolute Gasteiger partial charge is 0.339 e. The summed E-state index contributed by atoms with van der Waals surface area (Å²) in [4.78, 5) is 19.9. The Labute approximate surface area is 112 Å². The van der Waals surface area contributed by atoms with Crippen LogP contribution >= 0.6 is 15.9 Å². The summed E-state index contributed by atoms with van der Waals surface area (Å²) in [5, 5.41) is 0. The van der Waals surface area contributed by atoms with Crippen molar-refractivity contribution in [3.8, 4) is 0 Å². The van der Waals surface area contributed by atoms with Gasteiger partial charge in [-0.2, -0.15) is 0 Å². The van der Waals surface area contributed by atoms with E-state index in [-0.39, 0.29) is 6.17 Å². The zero-order valence-corrected chi connectivity index (χ0v) is 10.9. The zero-order chi connectivity index (χ0) is 13.6. The van der Waals surface area contributed by atoms with Crippen LogP contribution in [-0.2, 0) is 4.74 Å². The van der Waals surface area contributed by atoms with Gasteiger partial charge in [-0.25, -0.2) is 9.78 Å². The molecule has 0 aliphatic carbocycles. The SMILES string of the molecule is [2H]c1nc2cc(Br)c(C(=O)OC)cc2n2cncc12. The molecule has 0 spiro atoms. The van der Waals surface area contributed by atoms with Crippen molar-refractivity contribution in [3.05, 3.63) is 40.9 Å². The van der Waals surface area contributed by atoms with Crippen LogP contribution in [0.5, 0.6) is 0 Å².